The number of hydrogen-bond donors (Lipinski definition) is 0. The molecular formula is C12H20. The molecule has 0 fully saturated rings. The van der Waals surface area contributed by atoms with Crippen LogP contribution >= 0.6 is 0 Å². The second-order valence-electron chi connectivity index (χ2n) is 4.60. The van der Waals surface area contributed by atoms with Crippen LogP contribution in [0.25, 0.3) is 0 Å². The molecule has 1 rings (SSSR count). The number of rotatable bonds is 0. The molecule has 0 saturated carbocycles. The molecule has 0 atom stereocenters. The minimum atomic E-state index is 0.327. The summed E-state index contributed by atoms with van der Waals surface area (Å²) in [6.45, 7) is 6.85. The van der Waals surface area contributed by atoms with E-state index in [9.17, 15) is 0 Å². The Morgan fingerprint density at radius 2 is 1.75 bits per heavy atom. The highest BCUT2D eigenvalue weighted by Gasteiger charge is 2.14. The van der Waals surface area contributed by atoms with Gasteiger partial charge in [-0.3, -0.25) is 0 Å². The molecule has 0 spiro atoms. The Morgan fingerprint density at radius 1 is 1.08 bits per heavy atom. The van der Waals surface area contributed by atoms with Crippen LogP contribution in [-0.2, 0) is 0 Å². The molecule has 0 heterocycles. The maximum Gasteiger partial charge on any atom is -0.0135 e. The van der Waals surface area contributed by atoms with Gasteiger partial charge in [0.2, 0.25) is 0 Å². The van der Waals surface area contributed by atoms with Gasteiger partial charge in [0.15, 0.2) is 0 Å². The number of allylic oxidation sites excluding steroid dienone is 4. The second kappa shape index (κ2) is 3.93. The summed E-state index contributed by atoms with van der Waals surface area (Å²) in [7, 11) is 0. The average molecular weight is 164 g/mol. The Balaban J connectivity index is 2.72. The van der Waals surface area contributed by atoms with Crippen molar-refractivity contribution in [1.29, 1.82) is 0 Å². The Hall–Kier alpha value is -0.520. The zero-order chi connectivity index (χ0) is 9.03. The zero-order valence-corrected chi connectivity index (χ0v) is 8.56. The quantitative estimate of drug-likeness (QED) is 0.506. The third-order valence-electron chi connectivity index (χ3n) is 2.35. The lowest BCUT2D eigenvalue weighted by Crippen LogP contribution is -2.07. The molecule has 0 aliphatic heterocycles. The minimum absolute atomic E-state index is 0.327. The van der Waals surface area contributed by atoms with Gasteiger partial charge in [-0.1, -0.05) is 39.0 Å². The first-order chi connectivity index (χ1) is 5.61. The SMILES string of the molecule is CC(C)(C)C1=CCCCCC=C1. The molecule has 0 heteroatoms. The molecule has 0 aromatic heterocycles. The average Bonchev–Trinajstić information content (AvgIpc) is 1.81. The molecule has 0 unspecified atom stereocenters. The largest absolute Gasteiger partial charge is 0.0843 e. The molecule has 0 N–H and O–H groups in total. The molecule has 12 heavy (non-hydrogen) atoms. The van der Waals surface area contributed by atoms with Gasteiger partial charge < -0.3 is 0 Å². The first-order valence-corrected chi connectivity index (χ1v) is 4.98. The van der Waals surface area contributed by atoms with E-state index in [1.807, 2.05) is 0 Å². The Morgan fingerprint density at radius 3 is 2.42 bits per heavy atom. The lowest BCUT2D eigenvalue weighted by Gasteiger charge is -2.21. The van der Waals surface area contributed by atoms with Gasteiger partial charge in [-0.2, -0.15) is 0 Å². The third-order valence-corrected chi connectivity index (χ3v) is 2.35. The van der Waals surface area contributed by atoms with Crippen LogP contribution in [0, 0.1) is 5.41 Å². The summed E-state index contributed by atoms with van der Waals surface area (Å²) in [4.78, 5) is 0. The van der Waals surface area contributed by atoms with Crippen LogP contribution in [0.2, 0.25) is 0 Å². The van der Waals surface area contributed by atoms with Crippen molar-refractivity contribution >= 4 is 0 Å². The van der Waals surface area contributed by atoms with Crippen molar-refractivity contribution in [2.24, 2.45) is 5.41 Å². The van der Waals surface area contributed by atoms with Crippen LogP contribution in [0.5, 0.6) is 0 Å². The van der Waals surface area contributed by atoms with Crippen LogP contribution in [-0.4, -0.2) is 0 Å². The second-order valence-corrected chi connectivity index (χ2v) is 4.60. The standard InChI is InChI=1S/C12H20/c1-12(2,3)11-9-7-5-4-6-8-10-11/h7,9-10H,4-6,8H2,1-3H3. The van der Waals surface area contributed by atoms with Gasteiger partial charge in [-0.05, 0) is 36.7 Å². The fourth-order valence-corrected chi connectivity index (χ4v) is 1.50. The predicted molar refractivity (Wildman–Crippen MR) is 55.1 cm³/mol. The minimum Gasteiger partial charge on any atom is -0.0843 e. The van der Waals surface area contributed by atoms with E-state index < -0.39 is 0 Å². The molecule has 0 aromatic carbocycles. The third kappa shape index (κ3) is 2.84. The zero-order valence-electron chi connectivity index (χ0n) is 8.56. The van der Waals surface area contributed by atoms with E-state index in [0.717, 1.165) is 0 Å². The summed E-state index contributed by atoms with van der Waals surface area (Å²) in [5.74, 6) is 0. The van der Waals surface area contributed by atoms with Crippen molar-refractivity contribution in [3.63, 3.8) is 0 Å². The first kappa shape index (κ1) is 9.57. The molecule has 1 aliphatic carbocycles. The molecule has 0 bridgehead atoms. The van der Waals surface area contributed by atoms with E-state index in [2.05, 4.69) is 39.0 Å². The van der Waals surface area contributed by atoms with Gasteiger partial charge in [0.05, 0.1) is 0 Å². The van der Waals surface area contributed by atoms with Crippen molar-refractivity contribution in [2.45, 2.75) is 46.5 Å². The van der Waals surface area contributed by atoms with Crippen LogP contribution in [0.3, 0.4) is 0 Å². The summed E-state index contributed by atoms with van der Waals surface area (Å²) in [6, 6.07) is 0. The fraction of sp³-hybridized carbons (Fsp3) is 0.667. The predicted octanol–water partition coefficient (Wildman–Crippen LogP) is 4.09. The summed E-state index contributed by atoms with van der Waals surface area (Å²) in [5.41, 5.74) is 1.83. The summed E-state index contributed by atoms with van der Waals surface area (Å²) >= 11 is 0. The van der Waals surface area contributed by atoms with E-state index in [1.54, 1.807) is 0 Å². The molecule has 1 aliphatic rings. The maximum atomic E-state index is 2.40. The van der Waals surface area contributed by atoms with Crippen molar-refractivity contribution in [3.05, 3.63) is 23.8 Å². The van der Waals surface area contributed by atoms with Crippen LogP contribution in [0.1, 0.15) is 46.5 Å². The monoisotopic (exact) mass is 164 g/mol. The van der Waals surface area contributed by atoms with Gasteiger partial charge in [0.1, 0.15) is 0 Å². The topological polar surface area (TPSA) is 0 Å². The van der Waals surface area contributed by atoms with E-state index in [1.165, 1.54) is 31.3 Å². The number of hydrogen-bond acceptors (Lipinski definition) is 0. The summed E-state index contributed by atoms with van der Waals surface area (Å²) < 4.78 is 0. The lowest BCUT2D eigenvalue weighted by molar-refractivity contribution is 0.512. The maximum absolute atomic E-state index is 2.40. The van der Waals surface area contributed by atoms with Gasteiger partial charge in [-0.25, -0.2) is 0 Å². The van der Waals surface area contributed by atoms with Gasteiger partial charge in [0.25, 0.3) is 0 Å². The summed E-state index contributed by atoms with van der Waals surface area (Å²) in [5, 5.41) is 0. The van der Waals surface area contributed by atoms with Crippen LogP contribution in [0.4, 0.5) is 0 Å². The first-order valence-electron chi connectivity index (χ1n) is 4.98. The highest BCUT2D eigenvalue weighted by molar-refractivity contribution is 5.25. The Labute approximate surface area is 76.4 Å². The van der Waals surface area contributed by atoms with Crippen molar-refractivity contribution < 1.29 is 0 Å². The van der Waals surface area contributed by atoms with Crippen LogP contribution < -0.4 is 0 Å². The van der Waals surface area contributed by atoms with Gasteiger partial charge >= 0.3 is 0 Å². The lowest BCUT2D eigenvalue weighted by atomic mass is 9.84. The molecule has 0 saturated heterocycles. The highest BCUT2D eigenvalue weighted by Crippen LogP contribution is 2.28. The molecule has 68 valence electrons. The highest BCUT2D eigenvalue weighted by atomic mass is 14.2. The molecular weight excluding hydrogens is 144 g/mol. The van der Waals surface area contributed by atoms with Crippen LogP contribution in [0.15, 0.2) is 23.8 Å². The Kier molecular flexibility index (Phi) is 3.13. The van der Waals surface area contributed by atoms with Crippen molar-refractivity contribution in [2.75, 3.05) is 0 Å². The summed E-state index contributed by atoms with van der Waals surface area (Å²) in [6.07, 6.45) is 12.2. The smallest absolute Gasteiger partial charge is 0.0135 e. The van der Waals surface area contributed by atoms with Crippen molar-refractivity contribution in [1.82, 2.24) is 0 Å². The normalized spacial score (nSPS) is 19.8. The molecule has 0 aromatic rings. The fourth-order valence-electron chi connectivity index (χ4n) is 1.50. The molecule has 0 amide bonds. The van der Waals surface area contributed by atoms with E-state index in [0.29, 0.717) is 5.41 Å². The van der Waals surface area contributed by atoms with E-state index >= 15 is 0 Å². The van der Waals surface area contributed by atoms with E-state index in [-0.39, 0.29) is 0 Å². The van der Waals surface area contributed by atoms with Gasteiger partial charge in [0, 0.05) is 0 Å². The Bertz CT molecular complexity index is 189. The molecule has 0 radical (unpaired) electrons. The van der Waals surface area contributed by atoms with Crippen molar-refractivity contribution in [3.8, 4) is 0 Å². The van der Waals surface area contributed by atoms with E-state index in [4.69, 9.17) is 0 Å². The molecule has 0 nitrogen and oxygen atoms in total. The van der Waals surface area contributed by atoms with Gasteiger partial charge in [-0.15, -0.1) is 0 Å².